The van der Waals surface area contributed by atoms with Crippen molar-refractivity contribution >= 4 is 11.8 Å². The van der Waals surface area contributed by atoms with E-state index in [0.717, 1.165) is 0 Å². The average molecular weight is 370 g/mol. The Morgan fingerprint density at radius 2 is 1.92 bits per heavy atom. The number of alkyl halides is 3. The van der Waals surface area contributed by atoms with E-state index >= 15 is 0 Å². The Labute approximate surface area is 144 Å². The van der Waals surface area contributed by atoms with Crippen LogP contribution < -0.4 is 10.6 Å². The number of methoxy groups -OCH3 is 1. The van der Waals surface area contributed by atoms with Gasteiger partial charge >= 0.3 is 6.18 Å². The van der Waals surface area contributed by atoms with Crippen molar-refractivity contribution in [3.05, 3.63) is 0 Å². The molecule has 0 aromatic carbocycles. The van der Waals surface area contributed by atoms with Gasteiger partial charge in [0.1, 0.15) is 6.10 Å². The lowest BCUT2D eigenvalue weighted by Crippen LogP contribution is -2.52. The first kappa shape index (κ1) is 21.7. The maximum absolute atomic E-state index is 12.3. The van der Waals surface area contributed by atoms with E-state index in [0.29, 0.717) is 32.5 Å². The van der Waals surface area contributed by atoms with Crippen LogP contribution >= 0.6 is 0 Å². The predicted molar refractivity (Wildman–Crippen MR) is 81.7 cm³/mol. The summed E-state index contributed by atoms with van der Waals surface area (Å²) >= 11 is 0. The van der Waals surface area contributed by atoms with Gasteiger partial charge in [0.05, 0.1) is 6.42 Å². The quantitative estimate of drug-likeness (QED) is 0.578. The van der Waals surface area contributed by atoms with Crippen molar-refractivity contribution in [1.29, 1.82) is 0 Å². The zero-order chi connectivity index (χ0) is 19.1. The third kappa shape index (κ3) is 7.17. The maximum Gasteiger partial charge on any atom is 0.392 e. The molecule has 1 saturated heterocycles. The molecule has 1 heterocycles. The molecule has 1 aliphatic heterocycles. The van der Waals surface area contributed by atoms with Crippen molar-refractivity contribution < 1.29 is 37.3 Å². The van der Waals surface area contributed by atoms with Crippen LogP contribution in [0.15, 0.2) is 0 Å². The standard InChI is InChI=1S/C15H25F3N2O5/c1-10(20-12(22)11(21)9-15(16,17)18)3-6-19-13(23)14(24-2)4-7-25-8-5-14/h10-11,21H,3-9H2,1-2H3,(H,19,23)(H,20,22). The number of aliphatic hydroxyl groups excluding tert-OH is 1. The van der Waals surface area contributed by atoms with E-state index in [2.05, 4.69) is 10.6 Å². The fourth-order valence-electron chi connectivity index (χ4n) is 2.51. The van der Waals surface area contributed by atoms with Crippen LogP contribution in [0.1, 0.15) is 32.6 Å². The smallest absolute Gasteiger partial charge is 0.383 e. The van der Waals surface area contributed by atoms with Crippen LogP contribution in [0.4, 0.5) is 13.2 Å². The number of aliphatic hydroxyl groups is 1. The summed E-state index contributed by atoms with van der Waals surface area (Å²) in [6, 6.07) is -0.510. The van der Waals surface area contributed by atoms with Crippen LogP contribution in [0.25, 0.3) is 0 Å². The molecule has 7 nitrogen and oxygen atoms in total. The van der Waals surface area contributed by atoms with Crippen LogP contribution in [0.2, 0.25) is 0 Å². The Bertz CT molecular complexity index is 453. The molecule has 0 radical (unpaired) electrons. The van der Waals surface area contributed by atoms with Gasteiger partial charge in [0.2, 0.25) is 5.91 Å². The molecule has 1 fully saturated rings. The molecular formula is C15H25F3N2O5. The van der Waals surface area contributed by atoms with E-state index < -0.39 is 36.3 Å². The second-order valence-electron chi connectivity index (χ2n) is 6.10. The van der Waals surface area contributed by atoms with Crippen LogP contribution in [-0.4, -0.2) is 67.7 Å². The zero-order valence-corrected chi connectivity index (χ0v) is 14.3. The lowest BCUT2D eigenvalue weighted by Gasteiger charge is -2.34. The summed E-state index contributed by atoms with van der Waals surface area (Å²) < 4.78 is 46.9. The van der Waals surface area contributed by atoms with Gasteiger partial charge in [0, 0.05) is 45.8 Å². The van der Waals surface area contributed by atoms with Gasteiger partial charge in [-0.2, -0.15) is 13.2 Å². The molecule has 2 atom stereocenters. The Morgan fingerprint density at radius 3 is 2.44 bits per heavy atom. The van der Waals surface area contributed by atoms with Crippen molar-refractivity contribution in [3.8, 4) is 0 Å². The van der Waals surface area contributed by atoms with E-state index in [1.165, 1.54) is 7.11 Å². The topological polar surface area (TPSA) is 96.9 Å². The number of hydrogen-bond donors (Lipinski definition) is 3. The normalized spacial score (nSPS) is 19.8. The Balaban J connectivity index is 2.35. The minimum absolute atomic E-state index is 0.210. The first-order valence-corrected chi connectivity index (χ1v) is 8.06. The number of amides is 2. The van der Waals surface area contributed by atoms with Gasteiger partial charge in [0.25, 0.3) is 5.91 Å². The first-order chi connectivity index (χ1) is 11.6. The molecule has 2 amide bonds. The SMILES string of the molecule is COC1(C(=O)NCCC(C)NC(=O)C(O)CC(F)(F)F)CCOCC1. The zero-order valence-electron chi connectivity index (χ0n) is 14.3. The van der Waals surface area contributed by atoms with Crippen LogP contribution in [0.5, 0.6) is 0 Å². The van der Waals surface area contributed by atoms with Gasteiger partial charge in [-0.15, -0.1) is 0 Å². The second-order valence-corrected chi connectivity index (χ2v) is 6.10. The molecule has 0 bridgehead atoms. The lowest BCUT2D eigenvalue weighted by atomic mass is 9.93. The van der Waals surface area contributed by atoms with Crippen LogP contribution in [-0.2, 0) is 19.1 Å². The molecule has 146 valence electrons. The van der Waals surface area contributed by atoms with Crippen molar-refractivity contribution in [2.45, 2.75) is 56.5 Å². The number of carbonyl (C=O) groups excluding carboxylic acids is 2. The number of nitrogens with one attached hydrogen (secondary N) is 2. The highest BCUT2D eigenvalue weighted by molar-refractivity contribution is 5.85. The molecule has 0 aromatic rings. The molecule has 25 heavy (non-hydrogen) atoms. The highest BCUT2D eigenvalue weighted by atomic mass is 19.4. The maximum atomic E-state index is 12.3. The summed E-state index contributed by atoms with van der Waals surface area (Å²) in [6.07, 6.45) is -7.19. The summed E-state index contributed by atoms with van der Waals surface area (Å²) in [5.74, 6) is -1.37. The van der Waals surface area contributed by atoms with Crippen molar-refractivity contribution in [2.24, 2.45) is 0 Å². The summed E-state index contributed by atoms with van der Waals surface area (Å²) in [7, 11) is 1.45. The highest BCUT2D eigenvalue weighted by Crippen LogP contribution is 2.24. The van der Waals surface area contributed by atoms with Crippen molar-refractivity contribution in [1.82, 2.24) is 10.6 Å². The van der Waals surface area contributed by atoms with Gasteiger partial charge in [-0.25, -0.2) is 0 Å². The summed E-state index contributed by atoms with van der Waals surface area (Å²) in [6.45, 7) is 2.63. The van der Waals surface area contributed by atoms with Crippen molar-refractivity contribution in [3.63, 3.8) is 0 Å². The number of hydrogen-bond acceptors (Lipinski definition) is 5. The molecule has 0 aliphatic carbocycles. The van der Waals surface area contributed by atoms with E-state index in [1.54, 1.807) is 6.92 Å². The Kier molecular flexibility index (Phi) is 8.10. The Hall–Kier alpha value is -1.39. The fourth-order valence-corrected chi connectivity index (χ4v) is 2.51. The van der Waals surface area contributed by atoms with E-state index in [4.69, 9.17) is 9.47 Å². The fraction of sp³-hybridized carbons (Fsp3) is 0.867. The molecular weight excluding hydrogens is 345 g/mol. The molecule has 2 unspecified atom stereocenters. The largest absolute Gasteiger partial charge is 0.392 e. The summed E-state index contributed by atoms with van der Waals surface area (Å²) in [5, 5.41) is 14.2. The molecule has 3 N–H and O–H groups in total. The Morgan fingerprint density at radius 1 is 1.32 bits per heavy atom. The molecule has 0 spiro atoms. The minimum atomic E-state index is -4.62. The summed E-state index contributed by atoms with van der Waals surface area (Å²) in [4.78, 5) is 23.8. The van der Waals surface area contributed by atoms with Gasteiger partial charge in [-0.3, -0.25) is 9.59 Å². The second kappa shape index (κ2) is 9.35. The van der Waals surface area contributed by atoms with E-state index in [9.17, 15) is 27.9 Å². The van der Waals surface area contributed by atoms with E-state index in [-0.39, 0.29) is 12.5 Å². The van der Waals surface area contributed by atoms with Gasteiger partial charge < -0.3 is 25.2 Å². The minimum Gasteiger partial charge on any atom is -0.383 e. The predicted octanol–water partition coefficient (Wildman–Crippen LogP) is 0.506. The number of rotatable bonds is 8. The monoisotopic (exact) mass is 370 g/mol. The van der Waals surface area contributed by atoms with Gasteiger partial charge in [0.15, 0.2) is 5.60 Å². The van der Waals surface area contributed by atoms with Gasteiger partial charge in [-0.05, 0) is 13.3 Å². The first-order valence-electron chi connectivity index (χ1n) is 8.06. The summed E-state index contributed by atoms with van der Waals surface area (Å²) in [5.41, 5.74) is -0.937. The van der Waals surface area contributed by atoms with Crippen molar-refractivity contribution in [2.75, 3.05) is 26.9 Å². The highest BCUT2D eigenvalue weighted by Gasteiger charge is 2.40. The lowest BCUT2D eigenvalue weighted by molar-refractivity contribution is -0.163. The number of ether oxygens (including phenoxy) is 2. The number of halogens is 3. The molecule has 1 aliphatic rings. The van der Waals surface area contributed by atoms with Gasteiger partial charge in [-0.1, -0.05) is 0 Å². The third-order valence-electron chi connectivity index (χ3n) is 4.08. The van der Waals surface area contributed by atoms with Crippen LogP contribution in [0.3, 0.4) is 0 Å². The number of carbonyl (C=O) groups is 2. The van der Waals surface area contributed by atoms with Crippen LogP contribution in [0, 0.1) is 0 Å². The average Bonchev–Trinajstić information content (AvgIpc) is 2.53. The molecule has 0 aromatic heterocycles. The van der Waals surface area contributed by atoms with E-state index in [1.807, 2.05) is 0 Å². The molecule has 10 heteroatoms. The molecule has 0 saturated carbocycles. The molecule has 1 rings (SSSR count). The third-order valence-corrected chi connectivity index (χ3v) is 4.08.